The normalized spacial score (nSPS) is 14.8. The summed E-state index contributed by atoms with van der Waals surface area (Å²) in [5.41, 5.74) is 4.86. The molecule has 1 aliphatic heterocycles. The number of carbonyl (C=O) groups excluding carboxylic acids is 1. The van der Waals surface area contributed by atoms with Crippen LogP contribution in [0.2, 0.25) is 0 Å². The molecule has 3 aromatic rings. The second-order valence-electron chi connectivity index (χ2n) is 8.20. The van der Waals surface area contributed by atoms with E-state index in [0.29, 0.717) is 22.9 Å². The van der Waals surface area contributed by atoms with Crippen molar-refractivity contribution in [2.75, 3.05) is 11.1 Å². The van der Waals surface area contributed by atoms with Crippen LogP contribution < -0.4 is 10.6 Å². The first-order valence-corrected chi connectivity index (χ1v) is 13.2. The summed E-state index contributed by atoms with van der Waals surface area (Å²) in [5, 5.41) is 6.42. The van der Waals surface area contributed by atoms with Gasteiger partial charge in [-0.25, -0.2) is 8.42 Å². The van der Waals surface area contributed by atoms with Gasteiger partial charge in [0.25, 0.3) is 5.91 Å². The van der Waals surface area contributed by atoms with Crippen LogP contribution in [0.1, 0.15) is 47.2 Å². The smallest absolute Gasteiger partial charge is 0.251 e. The molecule has 5 nitrogen and oxygen atoms in total. The van der Waals surface area contributed by atoms with Crippen LogP contribution in [0.3, 0.4) is 0 Å². The number of nitrogens with one attached hydrogen (secondary N) is 2. The van der Waals surface area contributed by atoms with Gasteiger partial charge in [0.2, 0.25) is 0 Å². The van der Waals surface area contributed by atoms with Crippen molar-refractivity contribution in [2.24, 2.45) is 0 Å². The fourth-order valence-electron chi connectivity index (χ4n) is 3.79. The molecule has 32 heavy (non-hydrogen) atoms. The van der Waals surface area contributed by atoms with E-state index in [-0.39, 0.29) is 11.7 Å². The van der Waals surface area contributed by atoms with Gasteiger partial charge in [-0.2, -0.15) is 0 Å². The molecular weight excluding hydrogens is 440 g/mol. The van der Waals surface area contributed by atoms with Gasteiger partial charge in [-0.3, -0.25) is 4.79 Å². The number of carbonyl (C=O) groups is 1. The van der Waals surface area contributed by atoms with Gasteiger partial charge in [0, 0.05) is 21.9 Å². The molecule has 0 aromatic heterocycles. The average Bonchev–Trinajstić information content (AvgIpc) is 3.66. The topological polar surface area (TPSA) is 75.3 Å². The van der Waals surface area contributed by atoms with Gasteiger partial charge in [0.15, 0.2) is 9.84 Å². The molecule has 0 atom stereocenters. The van der Waals surface area contributed by atoms with Crippen molar-refractivity contribution in [3.63, 3.8) is 0 Å². The van der Waals surface area contributed by atoms with Crippen LogP contribution in [0.15, 0.2) is 75.4 Å². The van der Waals surface area contributed by atoms with Gasteiger partial charge >= 0.3 is 0 Å². The molecule has 1 aliphatic carbocycles. The Morgan fingerprint density at radius 1 is 1.00 bits per heavy atom. The third-order valence-corrected chi connectivity index (χ3v) is 8.80. The summed E-state index contributed by atoms with van der Waals surface area (Å²) in [6.45, 7) is 1.96. The van der Waals surface area contributed by atoms with Crippen molar-refractivity contribution in [3.05, 3.63) is 77.4 Å². The molecule has 0 bridgehead atoms. The van der Waals surface area contributed by atoms with E-state index in [0.717, 1.165) is 21.8 Å². The molecule has 0 saturated heterocycles. The highest BCUT2D eigenvalue weighted by Crippen LogP contribution is 2.47. The Balaban J connectivity index is 1.27. The first-order chi connectivity index (χ1) is 15.4. The predicted molar refractivity (Wildman–Crippen MR) is 128 cm³/mol. The number of sulfone groups is 1. The minimum absolute atomic E-state index is 0.0695. The molecule has 2 aliphatic rings. The van der Waals surface area contributed by atoms with E-state index in [1.54, 1.807) is 43.0 Å². The Kier molecular flexibility index (Phi) is 5.47. The van der Waals surface area contributed by atoms with E-state index in [9.17, 15) is 13.2 Å². The monoisotopic (exact) mass is 464 g/mol. The zero-order valence-electron chi connectivity index (χ0n) is 17.7. The lowest BCUT2D eigenvalue weighted by Crippen LogP contribution is -2.23. The minimum atomic E-state index is -3.22. The SMILES string of the molecule is CCS(=O)(=O)c1ccc(CNC(=O)c2ccc3c(c2)Nc2cc(C4CC4)ccc2S3)cc1. The molecule has 164 valence electrons. The standard InChI is InChI=1S/C25H24N2O3S2/c1-2-32(29,30)20-9-3-16(4-10-20)15-26-25(28)19-8-12-24-22(14-19)27-21-13-18(17-5-6-17)7-11-23(21)31-24/h3-4,7-14,17,27H,2,5-6,15H2,1H3,(H,26,28). The molecule has 3 aromatic carbocycles. The summed E-state index contributed by atoms with van der Waals surface area (Å²) in [6, 6.07) is 19.0. The summed E-state index contributed by atoms with van der Waals surface area (Å²) in [5.74, 6) is 0.601. The van der Waals surface area contributed by atoms with E-state index in [1.165, 1.54) is 23.3 Å². The Hall–Kier alpha value is -2.77. The second-order valence-corrected chi connectivity index (χ2v) is 11.6. The van der Waals surface area contributed by atoms with E-state index < -0.39 is 9.84 Å². The van der Waals surface area contributed by atoms with Gasteiger partial charge in [-0.05, 0) is 72.4 Å². The van der Waals surface area contributed by atoms with Crippen molar-refractivity contribution >= 4 is 38.9 Å². The number of hydrogen-bond acceptors (Lipinski definition) is 5. The van der Waals surface area contributed by atoms with Crippen molar-refractivity contribution in [1.82, 2.24) is 5.32 Å². The third kappa shape index (κ3) is 4.27. The maximum Gasteiger partial charge on any atom is 0.251 e. The Morgan fingerprint density at radius 3 is 2.38 bits per heavy atom. The van der Waals surface area contributed by atoms with Crippen molar-refractivity contribution in [3.8, 4) is 0 Å². The van der Waals surface area contributed by atoms with Gasteiger partial charge < -0.3 is 10.6 Å². The molecule has 0 spiro atoms. The highest BCUT2D eigenvalue weighted by atomic mass is 32.2. The summed E-state index contributed by atoms with van der Waals surface area (Å²) in [7, 11) is -3.22. The van der Waals surface area contributed by atoms with E-state index >= 15 is 0 Å². The molecule has 1 heterocycles. The zero-order chi connectivity index (χ0) is 22.3. The Morgan fingerprint density at radius 2 is 1.69 bits per heavy atom. The quantitative estimate of drug-likeness (QED) is 0.394. The summed E-state index contributed by atoms with van der Waals surface area (Å²) < 4.78 is 23.9. The van der Waals surface area contributed by atoms with Crippen molar-refractivity contribution in [1.29, 1.82) is 0 Å². The lowest BCUT2D eigenvalue weighted by molar-refractivity contribution is 0.0951. The van der Waals surface area contributed by atoms with Gasteiger partial charge in [0.05, 0.1) is 22.0 Å². The summed E-state index contributed by atoms with van der Waals surface area (Å²) >= 11 is 1.72. The van der Waals surface area contributed by atoms with Crippen LogP contribution in [0, 0.1) is 0 Å². The highest BCUT2D eigenvalue weighted by molar-refractivity contribution is 7.99. The van der Waals surface area contributed by atoms with Gasteiger partial charge in [-0.15, -0.1) is 0 Å². The number of rotatable bonds is 6. The Bertz CT molecular complexity index is 1300. The number of hydrogen-bond donors (Lipinski definition) is 2. The van der Waals surface area contributed by atoms with Crippen molar-refractivity contribution in [2.45, 2.75) is 46.9 Å². The molecule has 1 fully saturated rings. The number of benzene rings is 3. The fourth-order valence-corrected chi connectivity index (χ4v) is 5.63. The molecule has 1 saturated carbocycles. The largest absolute Gasteiger partial charge is 0.354 e. The average molecular weight is 465 g/mol. The summed E-state index contributed by atoms with van der Waals surface area (Å²) in [4.78, 5) is 15.3. The zero-order valence-corrected chi connectivity index (χ0v) is 19.4. The molecule has 1 amide bonds. The number of amides is 1. The number of fused-ring (bicyclic) bond motifs is 2. The maximum atomic E-state index is 12.7. The molecule has 0 unspecified atom stereocenters. The van der Waals surface area contributed by atoms with Crippen LogP contribution in [0.4, 0.5) is 11.4 Å². The van der Waals surface area contributed by atoms with Crippen LogP contribution in [-0.4, -0.2) is 20.1 Å². The first-order valence-electron chi connectivity index (χ1n) is 10.8. The van der Waals surface area contributed by atoms with Crippen LogP contribution >= 0.6 is 11.8 Å². The molecule has 2 N–H and O–H groups in total. The van der Waals surface area contributed by atoms with E-state index in [2.05, 4.69) is 28.8 Å². The van der Waals surface area contributed by atoms with Crippen LogP contribution in [0.5, 0.6) is 0 Å². The molecule has 7 heteroatoms. The fraction of sp³-hybridized carbons (Fsp3) is 0.240. The summed E-state index contributed by atoms with van der Waals surface area (Å²) in [6.07, 6.45) is 2.54. The molecule has 0 radical (unpaired) electrons. The predicted octanol–water partition coefficient (Wildman–Crippen LogP) is 5.50. The number of anilines is 2. The maximum absolute atomic E-state index is 12.7. The highest BCUT2D eigenvalue weighted by Gasteiger charge is 2.25. The lowest BCUT2D eigenvalue weighted by atomic mass is 10.1. The lowest BCUT2D eigenvalue weighted by Gasteiger charge is -2.22. The van der Waals surface area contributed by atoms with Gasteiger partial charge in [-0.1, -0.05) is 36.9 Å². The minimum Gasteiger partial charge on any atom is -0.354 e. The van der Waals surface area contributed by atoms with Crippen molar-refractivity contribution < 1.29 is 13.2 Å². The van der Waals surface area contributed by atoms with Gasteiger partial charge in [0.1, 0.15) is 0 Å². The van der Waals surface area contributed by atoms with Crippen LogP contribution in [0.25, 0.3) is 0 Å². The second kappa shape index (κ2) is 8.30. The van der Waals surface area contributed by atoms with E-state index in [1.807, 2.05) is 18.2 Å². The molecule has 5 rings (SSSR count). The van der Waals surface area contributed by atoms with E-state index in [4.69, 9.17) is 0 Å². The Labute approximate surface area is 192 Å². The first kappa shape index (κ1) is 21.1. The van der Waals surface area contributed by atoms with Crippen LogP contribution in [-0.2, 0) is 16.4 Å². The molecular formula is C25H24N2O3S2. The third-order valence-electron chi connectivity index (χ3n) is 5.90.